The fourth-order valence-electron chi connectivity index (χ4n) is 1.56. The Morgan fingerprint density at radius 2 is 1.54 bits per heavy atom. The molecule has 0 N–H and O–H groups in total. The van der Waals surface area contributed by atoms with Gasteiger partial charge in [0, 0.05) is 0 Å². The lowest BCUT2D eigenvalue weighted by molar-refractivity contribution is 0.728. The fraction of sp³-hybridized carbons (Fsp3) is 0.846. The molecule has 0 heteroatoms. The molecule has 0 bridgehead atoms. The van der Waals surface area contributed by atoms with Gasteiger partial charge in [0.1, 0.15) is 0 Å². The molecule has 0 aliphatic carbocycles. The second-order valence-corrected chi connectivity index (χ2v) is 3.86. The van der Waals surface area contributed by atoms with Gasteiger partial charge >= 0.3 is 0 Å². The van der Waals surface area contributed by atoms with Crippen molar-refractivity contribution in [3.8, 4) is 0 Å². The zero-order chi connectivity index (χ0) is 9.94. The summed E-state index contributed by atoms with van der Waals surface area (Å²) < 4.78 is 0. The van der Waals surface area contributed by atoms with Crippen LogP contribution < -0.4 is 0 Å². The molecule has 0 unspecified atom stereocenters. The zero-order valence-corrected chi connectivity index (χ0v) is 9.73. The number of unbranched alkanes of at least 4 members (excludes halogenated alkanes) is 3. The minimum Gasteiger partial charge on any atom is -0.0853 e. The molecule has 0 aromatic carbocycles. The number of allylic oxidation sites excluding steroid dienone is 2. The number of hydrogen-bond donors (Lipinski definition) is 0. The predicted octanol–water partition coefficient (Wildman–Crippen LogP) is 5.09. The van der Waals surface area contributed by atoms with Gasteiger partial charge in [-0.3, -0.25) is 0 Å². The molecule has 78 valence electrons. The molecule has 0 saturated carbocycles. The van der Waals surface area contributed by atoms with E-state index >= 15 is 0 Å². The summed E-state index contributed by atoms with van der Waals surface area (Å²) in [5.41, 5.74) is 1.71. The van der Waals surface area contributed by atoms with Gasteiger partial charge in [0.05, 0.1) is 0 Å². The maximum absolute atomic E-state index is 2.49. The molecule has 0 saturated heterocycles. The van der Waals surface area contributed by atoms with Gasteiger partial charge in [-0.15, -0.1) is 0 Å². The maximum Gasteiger partial charge on any atom is -0.0320 e. The van der Waals surface area contributed by atoms with E-state index in [2.05, 4.69) is 26.8 Å². The van der Waals surface area contributed by atoms with E-state index in [1.165, 1.54) is 51.4 Å². The third-order valence-electron chi connectivity index (χ3n) is 2.41. The van der Waals surface area contributed by atoms with Crippen molar-refractivity contribution in [1.82, 2.24) is 0 Å². The van der Waals surface area contributed by atoms with E-state index in [0.29, 0.717) is 0 Å². The van der Waals surface area contributed by atoms with Crippen LogP contribution in [0.4, 0.5) is 0 Å². The third kappa shape index (κ3) is 8.08. The normalized spacial score (nSPS) is 12.1. The summed E-state index contributed by atoms with van der Waals surface area (Å²) in [6.45, 7) is 6.81. The zero-order valence-electron chi connectivity index (χ0n) is 9.73. The smallest absolute Gasteiger partial charge is 0.0320 e. The van der Waals surface area contributed by atoms with Gasteiger partial charge in [0.15, 0.2) is 0 Å². The molecule has 0 radical (unpaired) electrons. The minimum atomic E-state index is 1.30. The van der Waals surface area contributed by atoms with Crippen molar-refractivity contribution in [2.45, 2.75) is 72.1 Å². The van der Waals surface area contributed by atoms with E-state index < -0.39 is 0 Å². The van der Waals surface area contributed by atoms with Crippen LogP contribution in [0.1, 0.15) is 72.1 Å². The largest absolute Gasteiger partial charge is 0.0853 e. The molecule has 0 aliphatic rings. The van der Waals surface area contributed by atoms with Crippen LogP contribution in [0, 0.1) is 0 Å². The Labute approximate surface area is 84.4 Å². The second kappa shape index (κ2) is 9.83. The SMILES string of the molecule is CCCC/C=C(/CCC)CCCC. The highest BCUT2D eigenvalue weighted by Gasteiger charge is 1.95. The average molecular weight is 182 g/mol. The van der Waals surface area contributed by atoms with Gasteiger partial charge < -0.3 is 0 Å². The first-order chi connectivity index (χ1) is 6.35. The Hall–Kier alpha value is -0.260. The Morgan fingerprint density at radius 3 is 2.08 bits per heavy atom. The summed E-state index contributed by atoms with van der Waals surface area (Å²) in [6, 6.07) is 0. The van der Waals surface area contributed by atoms with Crippen molar-refractivity contribution in [1.29, 1.82) is 0 Å². The highest BCUT2D eigenvalue weighted by atomic mass is 14.0. The van der Waals surface area contributed by atoms with Crippen LogP contribution >= 0.6 is 0 Å². The summed E-state index contributed by atoms with van der Waals surface area (Å²) in [5, 5.41) is 0. The van der Waals surface area contributed by atoms with Crippen molar-refractivity contribution in [2.24, 2.45) is 0 Å². The first kappa shape index (κ1) is 12.7. The Kier molecular flexibility index (Phi) is 9.63. The highest BCUT2D eigenvalue weighted by Crippen LogP contribution is 2.15. The molecule has 0 heterocycles. The van der Waals surface area contributed by atoms with Crippen molar-refractivity contribution >= 4 is 0 Å². The van der Waals surface area contributed by atoms with Crippen molar-refractivity contribution in [2.75, 3.05) is 0 Å². The molecule has 0 aromatic heterocycles. The van der Waals surface area contributed by atoms with Crippen molar-refractivity contribution in [3.05, 3.63) is 11.6 Å². The van der Waals surface area contributed by atoms with Crippen molar-refractivity contribution < 1.29 is 0 Å². The van der Waals surface area contributed by atoms with E-state index in [-0.39, 0.29) is 0 Å². The van der Waals surface area contributed by atoms with Crippen LogP contribution in [-0.2, 0) is 0 Å². The summed E-state index contributed by atoms with van der Waals surface area (Å²) in [7, 11) is 0. The van der Waals surface area contributed by atoms with E-state index in [0.717, 1.165) is 0 Å². The number of rotatable bonds is 8. The Balaban J connectivity index is 3.69. The summed E-state index contributed by atoms with van der Waals surface area (Å²) in [5.74, 6) is 0. The molecule has 0 atom stereocenters. The lowest BCUT2D eigenvalue weighted by Gasteiger charge is -2.04. The van der Waals surface area contributed by atoms with E-state index in [1.54, 1.807) is 5.57 Å². The molecule has 0 nitrogen and oxygen atoms in total. The molecule has 0 fully saturated rings. The van der Waals surface area contributed by atoms with Gasteiger partial charge in [0.25, 0.3) is 0 Å². The molecular weight excluding hydrogens is 156 g/mol. The van der Waals surface area contributed by atoms with Gasteiger partial charge in [-0.05, 0) is 25.7 Å². The fourth-order valence-corrected chi connectivity index (χ4v) is 1.56. The molecule has 13 heavy (non-hydrogen) atoms. The van der Waals surface area contributed by atoms with E-state index in [1.807, 2.05) is 0 Å². The van der Waals surface area contributed by atoms with Crippen LogP contribution in [0.3, 0.4) is 0 Å². The molecule has 0 rings (SSSR count). The van der Waals surface area contributed by atoms with E-state index in [4.69, 9.17) is 0 Å². The maximum atomic E-state index is 2.49. The third-order valence-corrected chi connectivity index (χ3v) is 2.41. The first-order valence-electron chi connectivity index (χ1n) is 6.03. The van der Waals surface area contributed by atoms with Crippen molar-refractivity contribution in [3.63, 3.8) is 0 Å². The summed E-state index contributed by atoms with van der Waals surface area (Å²) >= 11 is 0. The molecular formula is C13H26. The molecule has 0 aromatic rings. The average Bonchev–Trinajstić information content (AvgIpc) is 2.14. The monoisotopic (exact) mass is 182 g/mol. The summed E-state index contributed by atoms with van der Waals surface area (Å²) in [6.07, 6.45) is 13.1. The minimum absolute atomic E-state index is 1.30. The quantitative estimate of drug-likeness (QED) is 0.362. The van der Waals surface area contributed by atoms with Gasteiger partial charge in [-0.1, -0.05) is 58.1 Å². The van der Waals surface area contributed by atoms with Gasteiger partial charge in [0.2, 0.25) is 0 Å². The van der Waals surface area contributed by atoms with Gasteiger partial charge in [-0.25, -0.2) is 0 Å². The summed E-state index contributed by atoms with van der Waals surface area (Å²) in [4.78, 5) is 0. The highest BCUT2D eigenvalue weighted by molar-refractivity contribution is 5.01. The van der Waals surface area contributed by atoms with Gasteiger partial charge in [-0.2, -0.15) is 0 Å². The van der Waals surface area contributed by atoms with Crippen LogP contribution in [0.5, 0.6) is 0 Å². The molecule has 0 amide bonds. The lowest BCUT2D eigenvalue weighted by atomic mass is 10.0. The second-order valence-electron chi connectivity index (χ2n) is 3.86. The van der Waals surface area contributed by atoms with Crippen LogP contribution in [0.25, 0.3) is 0 Å². The van der Waals surface area contributed by atoms with Crippen LogP contribution in [0.2, 0.25) is 0 Å². The lowest BCUT2D eigenvalue weighted by Crippen LogP contribution is -1.84. The molecule has 0 aliphatic heterocycles. The first-order valence-corrected chi connectivity index (χ1v) is 6.03. The standard InChI is InChI=1S/C13H26/c1-4-7-9-12-13(10-6-3)11-8-5-2/h12H,4-11H2,1-3H3/b13-12-. The van der Waals surface area contributed by atoms with Crippen LogP contribution in [0.15, 0.2) is 11.6 Å². The Bertz CT molecular complexity index is 122. The topological polar surface area (TPSA) is 0 Å². The predicted molar refractivity (Wildman–Crippen MR) is 62.0 cm³/mol. The van der Waals surface area contributed by atoms with E-state index in [9.17, 15) is 0 Å². The Morgan fingerprint density at radius 1 is 0.846 bits per heavy atom. The number of hydrogen-bond acceptors (Lipinski definition) is 0. The molecule has 0 spiro atoms. The van der Waals surface area contributed by atoms with Crippen LogP contribution in [-0.4, -0.2) is 0 Å².